The van der Waals surface area contributed by atoms with Crippen molar-refractivity contribution >= 4 is 30.8 Å². The van der Waals surface area contributed by atoms with Gasteiger partial charge in [0.15, 0.2) is 0 Å². The van der Waals surface area contributed by atoms with Crippen LogP contribution in [0, 0.1) is 0 Å². The lowest BCUT2D eigenvalue weighted by Gasteiger charge is -2.06. The second-order valence-electron chi connectivity index (χ2n) is 2.64. The molecule has 0 spiro atoms. The maximum atomic E-state index is 8.78. The van der Waals surface area contributed by atoms with E-state index in [9.17, 15) is 0 Å². The summed E-state index contributed by atoms with van der Waals surface area (Å²) in [5, 5.41) is 35.1. The van der Waals surface area contributed by atoms with Crippen LogP contribution in [0.15, 0.2) is 18.2 Å². The van der Waals surface area contributed by atoms with Gasteiger partial charge in [-0.3, -0.25) is 0 Å². The summed E-state index contributed by atoms with van der Waals surface area (Å²) in [7, 11) is -3.25. The SMILES string of the molecule is Nc1cc(B(O)O)ccc1B(O)O. The number of hydrogen-bond acceptors (Lipinski definition) is 5. The highest BCUT2D eigenvalue weighted by atomic mass is 16.4. The molecule has 1 aromatic rings. The Balaban J connectivity index is 3.06. The van der Waals surface area contributed by atoms with Gasteiger partial charge in [-0.05, 0) is 11.5 Å². The first kappa shape index (κ1) is 10.1. The van der Waals surface area contributed by atoms with E-state index in [0.29, 0.717) is 0 Å². The summed E-state index contributed by atoms with van der Waals surface area (Å²) in [6.45, 7) is 0. The van der Waals surface area contributed by atoms with Crippen molar-refractivity contribution in [1.82, 2.24) is 0 Å². The minimum absolute atomic E-state index is 0.112. The Morgan fingerprint density at radius 1 is 1.00 bits per heavy atom. The molecule has 0 saturated carbocycles. The molecule has 68 valence electrons. The van der Waals surface area contributed by atoms with Gasteiger partial charge >= 0.3 is 14.2 Å². The van der Waals surface area contributed by atoms with E-state index in [1.807, 2.05) is 0 Å². The predicted octanol–water partition coefficient (Wildman–Crippen LogP) is -3.37. The molecule has 13 heavy (non-hydrogen) atoms. The van der Waals surface area contributed by atoms with Crippen LogP contribution in [-0.4, -0.2) is 34.3 Å². The molecule has 0 saturated heterocycles. The van der Waals surface area contributed by atoms with Crippen molar-refractivity contribution in [1.29, 1.82) is 0 Å². The molecule has 1 rings (SSSR count). The standard InChI is InChI=1S/C6H9B2NO4/c9-6-3-4(7(10)11)1-2-5(6)8(12)13/h1-3,10-13H,9H2. The molecular formula is C6H9B2NO4. The van der Waals surface area contributed by atoms with Crippen molar-refractivity contribution in [3.8, 4) is 0 Å². The maximum absolute atomic E-state index is 8.78. The smallest absolute Gasteiger partial charge is 0.423 e. The van der Waals surface area contributed by atoms with Crippen LogP contribution in [0.4, 0.5) is 5.69 Å². The Labute approximate surface area is 75.7 Å². The van der Waals surface area contributed by atoms with Crippen LogP contribution in [0.1, 0.15) is 0 Å². The Bertz CT molecular complexity index is 305. The summed E-state index contributed by atoms with van der Waals surface area (Å²) in [6.07, 6.45) is 0. The van der Waals surface area contributed by atoms with Gasteiger partial charge in [0.1, 0.15) is 0 Å². The van der Waals surface area contributed by atoms with Crippen LogP contribution in [0.2, 0.25) is 0 Å². The zero-order valence-electron chi connectivity index (χ0n) is 6.75. The van der Waals surface area contributed by atoms with Crippen LogP contribution >= 0.6 is 0 Å². The van der Waals surface area contributed by atoms with Gasteiger partial charge in [-0.2, -0.15) is 0 Å². The van der Waals surface area contributed by atoms with Gasteiger partial charge in [-0.15, -0.1) is 0 Å². The lowest BCUT2D eigenvalue weighted by Crippen LogP contribution is -2.37. The molecule has 0 fully saturated rings. The molecular weight excluding hydrogens is 172 g/mol. The van der Waals surface area contributed by atoms with Crippen molar-refractivity contribution in [3.63, 3.8) is 0 Å². The van der Waals surface area contributed by atoms with Crippen molar-refractivity contribution in [2.45, 2.75) is 0 Å². The first-order valence-corrected chi connectivity index (χ1v) is 3.64. The fourth-order valence-electron chi connectivity index (χ4n) is 0.989. The molecule has 7 heteroatoms. The molecule has 0 aromatic heterocycles. The minimum Gasteiger partial charge on any atom is -0.423 e. The highest BCUT2D eigenvalue weighted by Crippen LogP contribution is 1.96. The van der Waals surface area contributed by atoms with Gasteiger partial charge < -0.3 is 25.8 Å². The molecule has 0 heterocycles. The van der Waals surface area contributed by atoms with Crippen molar-refractivity contribution in [2.24, 2.45) is 0 Å². The second kappa shape index (κ2) is 3.80. The summed E-state index contributed by atoms with van der Waals surface area (Å²) < 4.78 is 0. The molecule has 0 atom stereocenters. The van der Waals surface area contributed by atoms with E-state index in [0.717, 1.165) is 0 Å². The fourth-order valence-corrected chi connectivity index (χ4v) is 0.989. The van der Waals surface area contributed by atoms with Crippen molar-refractivity contribution in [2.75, 3.05) is 5.73 Å². The van der Waals surface area contributed by atoms with Crippen molar-refractivity contribution in [3.05, 3.63) is 18.2 Å². The molecule has 0 amide bonds. The quantitative estimate of drug-likeness (QED) is 0.241. The third kappa shape index (κ3) is 2.22. The van der Waals surface area contributed by atoms with Gasteiger partial charge in [-0.25, -0.2) is 0 Å². The Morgan fingerprint density at radius 2 is 1.62 bits per heavy atom. The van der Waals surface area contributed by atoms with E-state index < -0.39 is 14.2 Å². The average Bonchev–Trinajstić information content (AvgIpc) is 2.03. The number of rotatable bonds is 2. The summed E-state index contributed by atoms with van der Waals surface area (Å²) >= 11 is 0. The second-order valence-corrected chi connectivity index (χ2v) is 2.64. The van der Waals surface area contributed by atoms with Crippen molar-refractivity contribution < 1.29 is 20.1 Å². The Hall–Kier alpha value is -1.01. The fraction of sp³-hybridized carbons (Fsp3) is 0. The van der Waals surface area contributed by atoms with E-state index in [1.165, 1.54) is 18.2 Å². The van der Waals surface area contributed by atoms with Gasteiger partial charge in [-0.1, -0.05) is 12.1 Å². The number of nitrogen functional groups attached to an aromatic ring is 1. The molecule has 5 nitrogen and oxygen atoms in total. The molecule has 0 aliphatic heterocycles. The average molecular weight is 181 g/mol. The summed E-state index contributed by atoms with van der Waals surface area (Å²) in [5.74, 6) is 0. The van der Waals surface area contributed by atoms with Crippen LogP contribution in [0.5, 0.6) is 0 Å². The van der Waals surface area contributed by atoms with Gasteiger partial charge in [0, 0.05) is 11.2 Å². The van der Waals surface area contributed by atoms with Crippen LogP contribution in [0.25, 0.3) is 0 Å². The molecule has 6 N–H and O–H groups in total. The summed E-state index contributed by atoms with van der Waals surface area (Å²) in [5.41, 5.74) is 5.88. The molecule has 0 radical (unpaired) electrons. The van der Waals surface area contributed by atoms with Gasteiger partial charge in [0.05, 0.1) is 0 Å². The van der Waals surface area contributed by atoms with Crippen LogP contribution in [-0.2, 0) is 0 Å². The van der Waals surface area contributed by atoms with E-state index >= 15 is 0 Å². The zero-order chi connectivity index (χ0) is 10.0. The minimum atomic E-state index is -1.65. The van der Waals surface area contributed by atoms with Gasteiger partial charge in [0.25, 0.3) is 0 Å². The van der Waals surface area contributed by atoms with E-state index in [4.69, 9.17) is 25.8 Å². The largest absolute Gasteiger partial charge is 0.490 e. The normalized spacial score (nSPS) is 9.85. The van der Waals surface area contributed by atoms with E-state index in [2.05, 4.69) is 0 Å². The number of hydrogen-bond donors (Lipinski definition) is 5. The number of anilines is 1. The first-order chi connectivity index (χ1) is 6.02. The van der Waals surface area contributed by atoms with Gasteiger partial charge in [0.2, 0.25) is 0 Å². The van der Waals surface area contributed by atoms with E-state index in [1.54, 1.807) is 0 Å². The van der Waals surface area contributed by atoms with E-state index in [-0.39, 0.29) is 16.6 Å². The summed E-state index contributed by atoms with van der Waals surface area (Å²) in [4.78, 5) is 0. The Kier molecular flexibility index (Phi) is 2.94. The Morgan fingerprint density at radius 3 is 2.00 bits per heavy atom. The number of nitrogens with two attached hydrogens (primary N) is 1. The molecule has 1 aromatic carbocycles. The molecule has 0 aliphatic rings. The third-order valence-corrected chi connectivity index (χ3v) is 1.69. The lowest BCUT2D eigenvalue weighted by atomic mass is 9.74. The highest BCUT2D eigenvalue weighted by molar-refractivity contribution is 6.62. The number of benzene rings is 1. The monoisotopic (exact) mass is 181 g/mol. The first-order valence-electron chi connectivity index (χ1n) is 3.64. The molecule has 0 unspecified atom stereocenters. The lowest BCUT2D eigenvalue weighted by molar-refractivity contribution is 0.423. The van der Waals surface area contributed by atoms with Crippen LogP contribution in [0.3, 0.4) is 0 Å². The van der Waals surface area contributed by atoms with Crippen LogP contribution < -0.4 is 16.7 Å². The maximum Gasteiger partial charge on any atom is 0.490 e. The third-order valence-electron chi connectivity index (χ3n) is 1.69. The predicted molar refractivity (Wildman–Crippen MR) is 50.5 cm³/mol. The molecule has 0 aliphatic carbocycles. The highest BCUT2D eigenvalue weighted by Gasteiger charge is 2.17. The summed E-state index contributed by atoms with van der Waals surface area (Å²) in [6, 6.07) is 3.96. The zero-order valence-corrected chi connectivity index (χ0v) is 6.75. The molecule has 0 bridgehead atoms. The topological polar surface area (TPSA) is 107 Å².